The van der Waals surface area contributed by atoms with Crippen molar-refractivity contribution in [2.24, 2.45) is 10.9 Å². The number of nitrogens with zero attached hydrogens (tertiary/aromatic N) is 2. The molecular weight excluding hydrogens is 214 g/mol. The highest BCUT2D eigenvalue weighted by molar-refractivity contribution is 6.02. The van der Waals surface area contributed by atoms with Crippen LogP contribution in [0, 0.1) is 6.92 Å². The molecule has 4 nitrogen and oxygen atoms in total. The molecular formula is C13H19N3O. The smallest absolute Gasteiger partial charge is 0.172 e. The standard InChI is InChI=1S/C13H19N3O/c1-9-6-7-11(13(14)15-17)12(8-9)16(2)10-4-3-5-10/h6-8,10,17H,3-5H2,1-2H3,(H2,14,15). The summed E-state index contributed by atoms with van der Waals surface area (Å²) < 4.78 is 0. The van der Waals surface area contributed by atoms with E-state index in [-0.39, 0.29) is 5.84 Å². The van der Waals surface area contributed by atoms with E-state index in [2.05, 4.69) is 23.2 Å². The fourth-order valence-electron chi connectivity index (χ4n) is 2.17. The third-order valence-electron chi connectivity index (χ3n) is 3.54. The van der Waals surface area contributed by atoms with Crippen molar-refractivity contribution in [1.82, 2.24) is 0 Å². The maximum absolute atomic E-state index is 8.82. The predicted octanol–water partition coefficient (Wildman–Crippen LogP) is 2.08. The Bertz CT molecular complexity index is 438. The van der Waals surface area contributed by atoms with Gasteiger partial charge < -0.3 is 15.8 Å². The van der Waals surface area contributed by atoms with Crippen LogP contribution in [0.1, 0.15) is 30.4 Å². The Morgan fingerprint density at radius 3 is 2.71 bits per heavy atom. The second-order valence-electron chi connectivity index (χ2n) is 4.70. The highest BCUT2D eigenvalue weighted by Crippen LogP contribution is 2.30. The average Bonchev–Trinajstić information content (AvgIpc) is 2.25. The molecule has 1 saturated carbocycles. The SMILES string of the molecule is Cc1ccc(/C(N)=N/O)c(N(C)C2CCC2)c1. The van der Waals surface area contributed by atoms with Gasteiger partial charge in [0.05, 0.1) is 0 Å². The van der Waals surface area contributed by atoms with E-state index in [1.54, 1.807) is 0 Å². The lowest BCUT2D eigenvalue weighted by Gasteiger charge is -2.37. The molecule has 1 aromatic rings. The van der Waals surface area contributed by atoms with Crippen molar-refractivity contribution < 1.29 is 5.21 Å². The maximum atomic E-state index is 8.82. The number of benzene rings is 1. The lowest BCUT2D eigenvalue weighted by atomic mass is 9.91. The Morgan fingerprint density at radius 2 is 2.18 bits per heavy atom. The number of hydrogen-bond acceptors (Lipinski definition) is 3. The van der Waals surface area contributed by atoms with Crippen LogP contribution in [0.2, 0.25) is 0 Å². The number of rotatable bonds is 3. The molecule has 0 aromatic heterocycles. The van der Waals surface area contributed by atoms with Gasteiger partial charge in [0.2, 0.25) is 0 Å². The minimum atomic E-state index is 0.172. The molecule has 1 aliphatic rings. The maximum Gasteiger partial charge on any atom is 0.172 e. The molecule has 0 heterocycles. The van der Waals surface area contributed by atoms with E-state index in [4.69, 9.17) is 10.9 Å². The molecule has 4 heteroatoms. The van der Waals surface area contributed by atoms with E-state index in [0.29, 0.717) is 6.04 Å². The Balaban J connectivity index is 2.38. The van der Waals surface area contributed by atoms with Gasteiger partial charge in [0.15, 0.2) is 5.84 Å². The first kappa shape index (κ1) is 11.8. The summed E-state index contributed by atoms with van der Waals surface area (Å²) in [6.45, 7) is 2.05. The van der Waals surface area contributed by atoms with Crippen molar-refractivity contribution in [2.75, 3.05) is 11.9 Å². The third-order valence-corrected chi connectivity index (χ3v) is 3.54. The van der Waals surface area contributed by atoms with Gasteiger partial charge in [-0.15, -0.1) is 0 Å². The molecule has 0 aliphatic heterocycles. The number of amidine groups is 1. The molecule has 0 atom stereocenters. The molecule has 0 unspecified atom stereocenters. The lowest BCUT2D eigenvalue weighted by Crippen LogP contribution is -2.38. The molecule has 1 aromatic carbocycles. The molecule has 0 radical (unpaired) electrons. The van der Waals surface area contributed by atoms with Crippen LogP contribution in [0.25, 0.3) is 0 Å². The van der Waals surface area contributed by atoms with Gasteiger partial charge >= 0.3 is 0 Å². The van der Waals surface area contributed by atoms with Gasteiger partial charge in [0.1, 0.15) is 0 Å². The highest BCUT2D eigenvalue weighted by Gasteiger charge is 2.24. The monoisotopic (exact) mass is 233 g/mol. The number of oxime groups is 1. The summed E-state index contributed by atoms with van der Waals surface area (Å²) in [7, 11) is 2.08. The zero-order valence-corrected chi connectivity index (χ0v) is 10.3. The number of anilines is 1. The van der Waals surface area contributed by atoms with Gasteiger partial charge in [-0.05, 0) is 43.9 Å². The zero-order valence-electron chi connectivity index (χ0n) is 10.3. The summed E-state index contributed by atoms with van der Waals surface area (Å²) in [6, 6.07) is 6.56. The topological polar surface area (TPSA) is 61.9 Å². The first-order valence-electron chi connectivity index (χ1n) is 5.95. The Kier molecular flexibility index (Phi) is 3.22. The fourth-order valence-corrected chi connectivity index (χ4v) is 2.17. The van der Waals surface area contributed by atoms with Crippen molar-refractivity contribution in [3.8, 4) is 0 Å². The van der Waals surface area contributed by atoms with Gasteiger partial charge in [-0.1, -0.05) is 11.2 Å². The van der Waals surface area contributed by atoms with Crippen LogP contribution < -0.4 is 10.6 Å². The van der Waals surface area contributed by atoms with Crippen LogP contribution in [0.3, 0.4) is 0 Å². The summed E-state index contributed by atoms with van der Waals surface area (Å²) in [6.07, 6.45) is 3.74. The summed E-state index contributed by atoms with van der Waals surface area (Å²) in [5.41, 5.74) is 8.74. The molecule has 92 valence electrons. The van der Waals surface area contributed by atoms with Crippen molar-refractivity contribution >= 4 is 11.5 Å². The number of hydrogen-bond donors (Lipinski definition) is 2. The van der Waals surface area contributed by atoms with Gasteiger partial charge in [0.25, 0.3) is 0 Å². The van der Waals surface area contributed by atoms with E-state index >= 15 is 0 Å². The molecule has 0 spiro atoms. The van der Waals surface area contributed by atoms with Crippen molar-refractivity contribution in [3.05, 3.63) is 29.3 Å². The fraction of sp³-hybridized carbons (Fsp3) is 0.462. The van der Waals surface area contributed by atoms with Gasteiger partial charge in [-0.2, -0.15) is 0 Å². The van der Waals surface area contributed by atoms with Crippen molar-refractivity contribution in [3.63, 3.8) is 0 Å². The molecule has 0 bridgehead atoms. The van der Waals surface area contributed by atoms with Crippen molar-refractivity contribution in [1.29, 1.82) is 0 Å². The number of nitrogens with two attached hydrogens (primary N) is 1. The normalized spacial score (nSPS) is 16.7. The summed E-state index contributed by atoms with van der Waals surface area (Å²) in [5, 5.41) is 11.9. The highest BCUT2D eigenvalue weighted by atomic mass is 16.4. The van der Waals surface area contributed by atoms with Crippen LogP contribution in [0.15, 0.2) is 23.4 Å². The van der Waals surface area contributed by atoms with Gasteiger partial charge in [0, 0.05) is 24.3 Å². The van der Waals surface area contributed by atoms with E-state index < -0.39 is 0 Å². The molecule has 1 fully saturated rings. The first-order chi connectivity index (χ1) is 8.13. The second-order valence-corrected chi connectivity index (χ2v) is 4.70. The van der Waals surface area contributed by atoms with E-state index in [9.17, 15) is 0 Å². The van der Waals surface area contributed by atoms with Crippen LogP contribution >= 0.6 is 0 Å². The molecule has 1 aliphatic carbocycles. The number of aryl methyl sites for hydroxylation is 1. The Morgan fingerprint density at radius 1 is 1.47 bits per heavy atom. The van der Waals surface area contributed by atoms with E-state index in [1.807, 2.05) is 19.1 Å². The summed E-state index contributed by atoms with van der Waals surface area (Å²) in [4.78, 5) is 2.24. The molecule has 0 saturated heterocycles. The van der Waals surface area contributed by atoms with E-state index in [1.165, 1.54) is 24.8 Å². The molecule has 0 amide bonds. The minimum Gasteiger partial charge on any atom is -0.409 e. The molecule has 17 heavy (non-hydrogen) atoms. The van der Waals surface area contributed by atoms with Crippen LogP contribution in [-0.4, -0.2) is 24.1 Å². The van der Waals surface area contributed by atoms with Crippen LogP contribution in [0.5, 0.6) is 0 Å². The largest absolute Gasteiger partial charge is 0.409 e. The zero-order chi connectivity index (χ0) is 12.4. The van der Waals surface area contributed by atoms with E-state index in [0.717, 1.165) is 11.3 Å². The lowest BCUT2D eigenvalue weighted by molar-refractivity contribution is 0.318. The predicted molar refractivity (Wildman–Crippen MR) is 69.7 cm³/mol. The third kappa shape index (κ3) is 2.20. The Hall–Kier alpha value is -1.71. The van der Waals surface area contributed by atoms with Crippen molar-refractivity contribution in [2.45, 2.75) is 32.2 Å². The molecule has 2 rings (SSSR count). The second kappa shape index (κ2) is 4.65. The van der Waals surface area contributed by atoms with Crippen LogP contribution in [0.4, 0.5) is 5.69 Å². The van der Waals surface area contributed by atoms with Gasteiger partial charge in [-0.25, -0.2) is 0 Å². The Labute approximate surface area is 102 Å². The summed E-state index contributed by atoms with van der Waals surface area (Å²) >= 11 is 0. The van der Waals surface area contributed by atoms with Gasteiger partial charge in [-0.3, -0.25) is 0 Å². The molecule has 3 N–H and O–H groups in total. The first-order valence-corrected chi connectivity index (χ1v) is 5.95. The summed E-state index contributed by atoms with van der Waals surface area (Å²) in [5.74, 6) is 0.172. The minimum absolute atomic E-state index is 0.172. The van der Waals surface area contributed by atoms with Crippen LogP contribution in [-0.2, 0) is 0 Å². The average molecular weight is 233 g/mol. The quantitative estimate of drug-likeness (QED) is 0.363.